The van der Waals surface area contributed by atoms with Crippen LogP contribution in [0.25, 0.3) is 12.3 Å². The highest BCUT2D eigenvalue weighted by molar-refractivity contribution is 5.53. The van der Waals surface area contributed by atoms with Gasteiger partial charge in [-0.05, 0) is 47.4 Å². The van der Waals surface area contributed by atoms with Crippen molar-refractivity contribution in [1.29, 1.82) is 0 Å². The summed E-state index contributed by atoms with van der Waals surface area (Å²) in [6, 6.07) is 8.20. The highest BCUT2D eigenvalue weighted by Crippen LogP contribution is 2.35. The van der Waals surface area contributed by atoms with E-state index in [1.54, 1.807) is 14.2 Å². The minimum absolute atomic E-state index is 0.299. The number of fused-ring (bicyclic) bond motifs is 3. The van der Waals surface area contributed by atoms with Gasteiger partial charge in [0, 0.05) is 18.0 Å². The van der Waals surface area contributed by atoms with E-state index in [9.17, 15) is 0 Å². The summed E-state index contributed by atoms with van der Waals surface area (Å²) in [5, 5.41) is 5.51. The Hall–Kier alpha value is -2.82. The summed E-state index contributed by atoms with van der Waals surface area (Å²) in [6.45, 7) is 1.13. The van der Waals surface area contributed by atoms with Gasteiger partial charge in [0.15, 0.2) is 23.0 Å². The van der Waals surface area contributed by atoms with Gasteiger partial charge >= 0.3 is 0 Å². The van der Waals surface area contributed by atoms with E-state index in [1.165, 1.54) is 11.1 Å². The molecule has 0 saturated heterocycles. The molecule has 0 spiro atoms. The van der Waals surface area contributed by atoms with Gasteiger partial charge in [-0.2, -0.15) is 0 Å². The number of nitrogens with one attached hydrogen (secondary N) is 1. The summed E-state index contributed by atoms with van der Waals surface area (Å²) in [5.74, 6) is 3.15. The van der Waals surface area contributed by atoms with Gasteiger partial charge in [-0.25, -0.2) is 0 Å². The van der Waals surface area contributed by atoms with Crippen molar-refractivity contribution in [3.63, 3.8) is 0 Å². The SMILES string of the molecule is COc1ccc2/c(c1OC)=C\NCCc1cc3c(cc1C\C=2)OCO3. The van der Waals surface area contributed by atoms with Gasteiger partial charge in [-0.1, -0.05) is 12.1 Å². The first-order valence-electron chi connectivity index (χ1n) is 8.36. The summed E-state index contributed by atoms with van der Waals surface area (Å²) in [7, 11) is 3.32. The highest BCUT2D eigenvalue weighted by atomic mass is 16.7. The molecule has 0 bridgehead atoms. The molecule has 0 amide bonds. The van der Waals surface area contributed by atoms with E-state index in [4.69, 9.17) is 18.9 Å². The first-order chi connectivity index (χ1) is 12.3. The lowest BCUT2D eigenvalue weighted by Gasteiger charge is -2.13. The topological polar surface area (TPSA) is 49.0 Å². The van der Waals surface area contributed by atoms with Crippen LogP contribution >= 0.6 is 0 Å². The molecule has 0 aromatic heterocycles. The quantitative estimate of drug-likeness (QED) is 0.895. The van der Waals surface area contributed by atoms with Crippen molar-refractivity contribution >= 4 is 12.3 Å². The lowest BCUT2D eigenvalue weighted by Crippen LogP contribution is -2.30. The largest absolute Gasteiger partial charge is 0.493 e. The average Bonchev–Trinajstić information content (AvgIpc) is 3.10. The summed E-state index contributed by atoms with van der Waals surface area (Å²) in [5.41, 5.74) is 2.54. The fourth-order valence-corrected chi connectivity index (χ4v) is 3.34. The zero-order valence-electron chi connectivity index (χ0n) is 14.4. The molecule has 130 valence electrons. The molecule has 2 heterocycles. The molecule has 0 atom stereocenters. The van der Waals surface area contributed by atoms with Gasteiger partial charge in [0.1, 0.15) is 0 Å². The Labute approximate surface area is 146 Å². The van der Waals surface area contributed by atoms with E-state index in [0.717, 1.165) is 52.8 Å². The van der Waals surface area contributed by atoms with Crippen LogP contribution in [0.15, 0.2) is 24.3 Å². The minimum Gasteiger partial charge on any atom is -0.493 e. The van der Waals surface area contributed by atoms with Crippen LogP contribution in [0, 0.1) is 0 Å². The summed E-state index contributed by atoms with van der Waals surface area (Å²) in [4.78, 5) is 0. The van der Waals surface area contributed by atoms with Crippen molar-refractivity contribution in [2.24, 2.45) is 0 Å². The van der Waals surface area contributed by atoms with Crippen LogP contribution < -0.4 is 34.7 Å². The molecule has 2 aromatic carbocycles. The molecule has 0 aliphatic carbocycles. The smallest absolute Gasteiger partial charge is 0.231 e. The van der Waals surface area contributed by atoms with Crippen molar-refractivity contribution in [2.75, 3.05) is 27.6 Å². The number of benzene rings is 2. The van der Waals surface area contributed by atoms with Crippen molar-refractivity contribution < 1.29 is 18.9 Å². The normalized spacial score (nSPS) is 17.7. The van der Waals surface area contributed by atoms with E-state index in [-0.39, 0.29) is 0 Å². The Morgan fingerprint density at radius 3 is 2.56 bits per heavy atom. The second-order valence-corrected chi connectivity index (χ2v) is 6.03. The lowest BCUT2D eigenvalue weighted by molar-refractivity contribution is 0.174. The second kappa shape index (κ2) is 6.59. The predicted octanol–water partition coefficient (Wildman–Crippen LogP) is 1.34. The molecule has 0 fully saturated rings. The van der Waals surface area contributed by atoms with Gasteiger partial charge < -0.3 is 24.3 Å². The van der Waals surface area contributed by atoms with Crippen LogP contribution in [-0.2, 0) is 12.8 Å². The molecule has 5 heteroatoms. The maximum absolute atomic E-state index is 5.58. The van der Waals surface area contributed by atoms with Crippen LogP contribution in [0.3, 0.4) is 0 Å². The monoisotopic (exact) mass is 339 g/mol. The van der Waals surface area contributed by atoms with Crippen LogP contribution in [0.4, 0.5) is 0 Å². The van der Waals surface area contributed by atoms with E-state index in [0.29, 0.717) is 6.79 Å². The Morgan fingerprint density at radius 2 is 1.80 bits per heavy atom. The van der Waals surface area contributed by atoms with Crippen LogP contribution in [-0.4, -0.2) is 27.6 Å². The number of hydrogen-bond acceptors (Lipinski definition) is 5. The molecule has 0 radical (unpaired) electrons. The Kier molecular flexibility index (Phi) is 4.14. The highest BCUT2D eigenvalue weighted by Gasteiger charge is 2.17. The van der Waals surface area contributed by atoms with Gasteiger partial charge in [0.2, 0.25) is 6.79 Å². The third-order valence-corrected chi connectivity index (χ3v) is 4.64. The van der Waals surface area contributed by atoms with Crippen molar-refractivity contribution in [3.05, 3.63) is 45.8 Å². The number of methoxy groups -OCH3 is 2. The number of hydrogen-bond donors (Lipinski definition) is 1. The maximum Gasteiger partial charge on any atom is 0.231 e. The van der Waals surface area contributed by atoms with Gasteiger partial charge in [-0.15, -0.1) is 0 Å². The standard InChI is InChI=1S/C20H21NO4/c1-22-17-6-5-13-3-4-14-9-18-19(25-12-24-18)10-15(14)7-8-21-11-16(13)20(17)23-2/h3,5-6,9-11,21H,4,7-8,12H2,1-2H3/b13-3-,16-11+. The molecular formula is C20H21NO4. The van der Waals surface area contributed by atoms with Crippen LogP contribution in [0.2, 0.25) is 0 Å². The first kappa shape index (κ1) is 15.7. The first-order valence-corrected chi connectivity index (χ1v) is 8.36. The molecule has 4 rings (SSSR count). The predicted molar refractivity (Wildman–Crippen MR) is 95.7 cm³/mol. The second-order valence-electron chi connectivity index (χ2n) is 6.03. The molecule has 2 aliphatic heterocycles. The zero-order valence-corrected chi connectivity index (χ0v) is 14.4. The minimum atomic E-state index is 0.299. The molecule has 2 aromatic rings. The van der Waals surface area contributed by atoms with Crippen molar-refractivity contribution in [3.8, 4) is 23.0 Å². The van der Waals surface area contributed by atoms with Crippen LogP contribution in [0.1, 0.15) is 11.1 Å². The fourth-order valence-electron chi connectivity index (χ4n) is 3.34. The molecule has 1 N–H and O–H groups in total. The van der Waals surface area contributed by atoms with E-state index in [2.05, 4.69) is 29.6 Å². The molecule has 25 heavy (non-hydrogen) atoms. The summed E-state index contributed by atoms with van der Waals surface area (Å²) in [6.07, 6.45) is 5.95. The number of rotatable bonds is 2. The lowest BCUT2D eigenvalue weighted by atomic mass is 9.99. The van der Waals surface area contributed by atoms with Crippen molar-refractivity contribution in [1.82, 2.24) is 5.32 Å². The van der Waals surface area contributed by atoms with Crippen molar-refractivity contribution in [2.45, 2.75) is 12.8 Å². The molecule has 0 saturated carbocycles. The number of ether oxygens (including phenoxy) is 4. The Bertz CT molecular complexity index is 920. The van der Waals surface area contributed by atoms with Gasteiger partial charge in [0.05, 0.1) is 14.2 Å². The maximum atomic E-state index is 5.58. The third kappa shape index (κ3) is 2.86. The van der Waals surface area contributed by atoms with E-state index >= 15 is 0 Å². The third-order valence-electron chi connectivity index (χ3n) is 4.64. The van der Waals surface area contributed by atoms with Gasteiger partial charge in [-0.3, -0.25) is 0 Å². The molecule has 5 nitrogen and oxygen atoms in total. The molecular weight excluding hydrogens is 318 g/mol. The summed E-state index contributed by atoms with van der Waals surface area (Å²) < 4.78 is 22.0. The summed E-state index contributed by atoms with van der Waals surface area (Å²) >= 11 is 0. The van der Waals surface area contributed by atoms with E-state index in [1.807, 2.05) is 12.3 Å². The molecule has 0 unspecified atom stereocenters. The fraction of sp³-hybridized carbons (Fsp3) is 0.300. The average molecular weight is 339 g/mol. The Morgan fingerprint density at radius 1 is 1.00 bits per heavy atom. The van der Waals surface area contributed by atoms with E-state index < -0.39 is 0 Å². The van der Waals surface area contributed by atoms with Gasteiger partial charge in [0.25, 0.3) is 0 Å². The Balaban J connectivity index is 1.84. The van der Waals surface area contributed by atoms with Crippen LogP contribution in [0.5, 0.6) is 23.0 Å². The zero-order chi connectivity index (χ0) is 17.2. The molecule has 2 aliphatic rings.